The Bertz CT molecular complexity index is 534. The number of benzene rings is 1. The highest BCUT2D eigenvalue weighted by Crippen LogP contribution is 2.26. The fourth-order valence-electron chi connectivity index (χ4n) is 2.59. The molecule has 0 aliphatic rings. The Labute approximate surface area is 122 Å². The molecule has 0 unspecified atom stereocenters. The molecule has 106 valence electrons. The first kappa shape index (κ1) is 14.7. The Hall–Kier alpha value is -1.70. The molecule has 0 bridgehead atoms. The van der Waals surface area contributed by atoms with Gasteiger partial charge in [0.05, 0.1) is 5.69 Å². The van der Waals surface area contributed by atoms with Gasteiger partial charge in [-0.25, -0.2) is 9.97 Å². The molecule has 1 aromatic carbocycles. The van der Waals surface area contributed by atoms with Crippen LogP contribution in [-0.2, 0) is 12.8 Å². The van der Waals surface area contributed by atoms with Gasteiger partial charge in [0, 0.05) is 11.8 Å². The van der Waals surface area contributed by atoms with E-state index in [1.165, 1.54) is 36.0 Å². The topological polar surface area (TPSA) is 25.8 Å². The maximum absolute atomic E-state index is 4.56. The van der Waals surface area contributed by atoms with Gasteiger partial charge in [-0.3, -0.25) is 0 Å². The van der Waals surface area contributed by atoms with Gasteiger partial charge in [-0.2, -0.15) is 0 Å². The second-order valence-electron chi connectivity index (χ2n) is 5.26. The summed E-state index contributed by atoms with van der Waals surface area (Å²) < 4.78 is 0. The lowest BCUT2D eigenvalue weighted by molar-refractivity contribution is 0.715. The lowest BCUT2D eigenvalue weighted by Gasteiger charge is -2.12. The Morgan fingerprint density at radius 1 is 0.900 bits per heavy atom. The van der Waals surface area contributed by atoms with Crippen LogP contribution in [0.5, 0.6) is 0 Å². The molecule has 1 aromatic heterocycles. The quantitative estimate of drug-likeness (QED) is 0.672. The molecule has 0 aliphatic carbocycles. The van der Waals surface area contributed by atoms with Gasteiger partial charge in [0.15, 0.2) is 0 Å². The van der Waals surface area contributed by atoms with Gasteiger partial charge < -0.3 is 0 Å². The van der Waals surface area contributed by atoms with Gasteiger partial charge >= 0.3 is 0 Å². The van der Waals surface area contributed by atoms with Crippen LogP contribution in [0, 0.1) is 0 Å². The van der Waals surface area contributed by atoms with E-state index in [0.717, 1.165) is 25.0 Å². The summed E-state index contributed by atoms with van der Waals surface area (Å²) in [7, 11) is 0. The molecule has 0 saturated heterocycles. The SMILES string of the molecule is CCCCCc1cncnc1-c1ccccc1CCC. The van der Waals surface area contributed by atoms with Gasteiger partial charge in [0.25, 0.3) is 0 Å². The third kappa shape index (κ3) is 3.66. The second-order valence-corrected chi connectivity index (χ2v) is 5.26. The van der Waals surface area contributed by atoms with Crippen molar-refractivity contribution in [2.75, 3.05) is 0 Å². The zero-order chi connectivity index (χ0) is 14.2. The lowest BCUT2D eigenvalue weighted by Crippen LogP contribution is -1.98. The summed E-state index contributed by atoms with van der Waals surface area (Å²) in [5.41, 5.74) is 5.08. The van der Waals surface area contributed by atoms with Crippen molar-refractivity contribution in [1.29, 1.82) is 0 Å². The predicted molar refractivity (Wildman–Crippen MR) is 84.7 cm³/mol. The molecule has 0 atom stereocenters. The molecule has 0 fully saturated rings. The normalized spacial score (nSPS) is 10.7. The molecule has 2 aromatic rings. The highest BCUT2D eigenvalue weighted by atomic mass is 14.8. The number of aromatic nitrogens is 2. The van der Waals surface area contributed by atoms with Crippen LogP contribution in [-0.4, -0.2) is 9.97 Å². The second kappa shape index (κ2) is 7.78. The molecule has 0 N–H and O–H groups in total. The molecule has 0 aliphatic heterocycles. The number of rotatable bonds is 7. The zero-order valence-corrected chi connectivity index (χ0v) is 12.6. The molecule has 2 heteroatoms. The van der Waals surface area contributed by atoms with Crippen molar-refractivity contribution < 1.29 is 0 Å². The number of nitrogens with zero attached hydrogens (tertiary/aromatic N) is 2. The number of aryl methyl sites for hydroxylation is 2. The van der Waals surface area contributed by atoms with Crippen LogP contribution in [0.3, 0.4) is 0 Å². The summed E-state index contributed by atoms with van der Waals surface area (Å²) in [6.07, 6.45) is 10.7. The van der Waals surface area contributed by atoms with E-state index in [9.17, 15) is 0 Å². The van der Waals surface area contributed by atoms with Crippen LogP contribution in [0.25, 0.3) is 11.3 Å². The Morgan fingerprint density at radius 2 is 1.75 bits per heavy atom. The highest BCUT2D eigenvalue weighted by molar-refractivity contribution is 5.66. The summed E-state index contributed by atoms with van der Waals surface area (Å²) >= 11 is 0. The van der Waals surface area contributed by atoms with E-state index >= 15 is 0 Å². The molecule has 0 radical (unpaired) electrons. The predicted octanol–water partition coefficient (Wildman–Crippen LogP) is 4.83. The standard InChI is InChI=1S/C18H24N2/c1-3-5-6-11-16-13-19-14-20-18(16)17-12-8-7-10-15(17)9-4-2/h7-8,10,12-14H,3-6,9,11H2,1-2H3. The third-order valence-corrected chi connectivity index (χ3v) is 3.63. The van der Waals surface area contributed by atoms with Crippen molar-refractivity contribution in [3.05, 3.63) is 47.9 Å². The van der Waals surface area contributed by atoms with Gasteiger partial charge in [0.1, 0.15) is 6.33 Å². The van der Waals surface area contributed by atoms with E-state index in [4.69, 9.17) is 0 Å². The smallest absolute Gasteiger partial charge is 0.116 e. The molecule has 2 rings (SSSR count). The van der Waals surface area contributed by atoms with Gasteiger partial charge in [0.2, 0.25) is 0 Å². The van der Waals surface area contributed by atoms with Gasteiger partial charge in [-0.1, -0.05) is 57.4 Å². The molecule has 0 saturated carbocycles. The van der Waals surface area contributed by atoms with E-state index < -0.39 is 0 Å². The Morgan fingerprint density at radius 3 is 2.55 bits per heavy atom. The maximum atomic E-state index is 4.56. The fourth-order valence-corrected chi connectivity index (χ4v) is 2.59. The monoisotopic (exact) mass is 268 g/mol. The van der Waals surface area contributed by atoms with Crippen molar-refractivity contribution in [1.82, 2.24) is 9.97 Å². The van der Waals surface area contributed by atoms with Gasteiger partial charge in [-0.15, -0.1) is 0 Å². The first-order valence-electron chi connectivity index (χ1n) is 7.74. The van der Waals surface area contributed by atoms with Crippen LogP contribution in [0.15, 0.2) is 36.8 Å². The molecule has 0 amide bonds. The fraction of sp³-hybridized carbons (Fsp3) is 0.444. The van der Waals surface area contributed by atoms with Crippen LogP contribution >= 0.6 is 0 Å². The first-order valence-corrected chi connectivity index (χ1v) is 7.74. The minimum atomic E-state index is 1.07. The largest absolute Gasteiger partial charge is 0.244 e. The van der Waals surface area contributed by atoms with Crippen molar-refractivity contribution in [2.24, 2.45) is 0 Å². The average Bonchev–Trinajstić information content (AvgIpc) is 2.49. The third-order valence-electron chi connectivity index (χ3n) is 3.63. The average molecular weight is 268 g/mol. The van der Waals surface area contributed by atoms with Crippen LogP contribution < -0.4 is 0 Å². The minimum absolute atomic E-state index is 1.07. The van der Waals surface area contributed by atoms with Crippen molar-refractivity contribution in [3.63, 3.8) is 0 Å². The molecular formula is C18H24N2. The molecule has 2 nitrogen and oxygen atoms in total. The van der Waals surface area contributed by atoms with E-state index in [1.807, 2.05) is 6.20 Å². The van der Waals surface area contributed by atoms with Crippen LogP contribution in [0.4, 0.5) is 0 Å². The summed E-state index contributed by atoms with van der Waals surface area (Å²) in [6.45, 7) is 4.46. The van der Waals surface area contributed by atoms with Crippen molar-refractivity contribution in [3.8, 4) is 11.3 Å². The summed E-state index contributed by atoms with van der Waals surface area (Å²) in [5.74, 6) is 0. The summed E-state index contributed by atoms with van der Waals surface area (Å²) in [5, 5.41) is 0. The van der Waals surface area contributed by atoms with Crippen molar-refractivity contribution >= 4 is 0 Å². The molecule has 0 spiro atoms. The van der Waals surface area contributed by atoms with E-state index in [0.29, 0.717) is 0 Å². The highest BCUT2D eigenvalue weighted by Gasteiger charge is 2.10. The van der Waals surface area contributed by atoms with E-state index in [1.54, 1.807) is 6.33 Å². The lowest BCUT2D eigenvalue weighted by atomic mass is 9.96. The number of unbranched alkanes of at least 4 members (excludes halogenated alkanes) is 2. The minimum Gasteiger partial charge on any atom is -0.244 e. The molecule has 20 heavy (non-hydrogen) atoms. The maximum Gasteiger partial charge on any atom is 0.116 e. The van der Waals surface area contributed by atoms with E-state index in [2.05, 4.69) is 48.1 Å². The Balaban J connectivity index is 2.32. The van der Waals surface area contributed by atoms with Crippen LogP contribution in [0.2, 0.25) is 0 Å². The first-order chi connectivity index (χ1) is 9.86. The van der Waals surface area contributed by atoms with Crippen molar-refractivity contribution in [2.45, 2.75) is 52.4 Å². The molecule has 1 heterocycles. The van der Waals surface area contributed by atoms with Gasteiger partial charge in [-0.05, 0) is 30.4 Å². The van der Waals surface area contributed by atoms with Crippen LogP contribution in [0.1, 0.15) is 50.7 Å². The summed E-state index contributed by atoms with van der Waals surface area (Å²) in [6, 6.07) is 8.63. The zero-order valence-electron chi connectivity index (χ0n) is 12.6. The number of hydrogen-bond donors (Lipinski definition) is 0. The van der Waals surface area contributed by atoms with E-state index in [-0.39, 0.29) is 0 Å². The summed E-state index contributed by atoms with van der Waals surface area (Å²) in [4.78, 5) is 8.77. The molecular weight excluding hydrogens is 244 g/mol. The Kier molecular flexibility index (Phi) is 5.72. The number of hydrogen-bond acceptors (Lipinski definition) is 2.